The molecule has 1 atom stereocenters. The molecule has 0 saturated heterocycles. The van der Waals surface area contributed by atoms with Crippen molar-refractivity contribution in [3.05, 3.63) is 52.6 Å². The molecule has 2 aromatic rings. The largest absolute Gasteiger partial charge is 0.493 e. The van der Waals surface area contributed by atoms with E-state index < -0.39 is 12.7 Å². The molecule has 0 bridgehead atoms. The summed E-state index contributed by atoms with van der Waals surface area (Å²) >= 11 is 0. The second-order valence-corrected chi connectivity index (χ2v) is 7.22. The molecule has 158 valence electrons. The van der Waals surface area contributed by atoms with E-state index in [1.54, 1.807) is 12.1 Å². The van der Waals surface area contributed by atoms with E-state index in [0.29, 0.717) is 6.54 Å². The van der Waals surface area contributed by atoms with Gasteiger partial charge in [0.15, 0.2) is 11.5 Å². The van der Waals surface area contributed by atoms with Crippen LogP contribution in [0.3, 0.4) is 0 Å². The molecule has 5 nitrogen and oxygen atoms in total. The maximum Gasteiger partial charge on any atom is 0.387 e. The molecule has 0 heterocycles. The Bertz CT molecular complexity index is 848. The van der Waals surface area contributed by atoms with E-state index in [2.05, 4.69) is 10.1 Å². The average molecular weight is 406 g/mol. The molecule has 2 aromatic carbocycles. The van der Waals surface area contributed by atoms with Crippen LogP contribution in [0, 0.1) is 20.8 Å². The van der Waals surface area contributed by atoms with Gasteiger partial charge in [-0.15, -0.1) is 0 Å². The zero-order valence-corrected chi connectivity index (χ0v) is 17.7. The number of halogens is 2. The van der Waals surface area contributed by atoms with Crippen molar-refractivity contribution in [1.29, 1.82) is 0 Å². The number of hydrogen-bond acceptors (Lipinski definition) is 4. The third kappa shape index (κ3) is 5.90. The average Bonchev–Trinajstić information content (AvgIpc) is 2.64. The highest BCUT2D eigenvalue weighted by atomic mass is 19.3. The predicted molar refractivity (Wildman–Crippen MR) is 110 cm³/mol. The quantitative estimate of drug-likeness (QED) is 0.692. The van der Waals surface area contributed by atoms with Crippen LogP contribution in [0.15, 0.2) is 30.3 Å². The van der Waals surface area contributed by atoms with Gasteiger partial charge in [-0.25, -0.2) is 0 Å². The van der Waals surface area contributed by atoms with Gasteiger partial charge in [0, 0.05) is 12.2 Å². The summed E-state index contributed by atoms with van der Waals surface area (Å²) in [6.07, 6.45) is 0. The minimum absolute atomic E-state index is 0.0231. The van der Waals surface area contributed by atoms with E-state index in [0.717, 1.165) is 27.9 Å². The summed E-state index contributed by atoms with van der Waals surface area (Å²) in [7, 11) is 3.22. The lowest BCUT2D eigenvalue weighted by Crippen LogP contribution is -2.39. The number of amides is 1. The summed E-state index contributed by atoms with van der Waals surface area (Å²) in [5.41, 5.74) is 4.83. The highest BCUT2D eigenvalue weighted by Gasteiger charge is 2.20. The Kier molecular flexibility index (Phi) is 7.56. The van der Waals surface area contributed by atoms with Crippen LogP contribution in [-0.2, 0) is 11.3 Å². The number of rotatable bonds is 8. The Labute approximate surface area is 170 Å². The lowest BCUT2D eigenvalue weighted by Gasteiger charge is -2.25. The number of alkyl halides is 2. The van der Waals surface area contributed by atoms with Crippen molar-refractivity contribution in [2.45, 2.75) is 46.9 Å². The summed E-state index contributed by atoms with van der Waals surface area (Å²) in [6, 6.07) is 8.41. The second-order valence-electron chi connectivity index (χ2n) is 7.22. The molecule has 0 aliphatic rings. The van der Waals surface area contributed by atoms with Gasteiger partial charge in [0.25, 0.3) is 0 Å². The number of ether oxygens (including phenoxy) is 2. The van der Waals surface area contributed by atoms with Crippen LogP contribution in [-0.4, -0.2) is 37.6 Å². The highest BCUT2D eigenvalue weighted by molar-refractivity contribution is 5.95. The van der Waals surface area contributed by atoms with Crippen LogP contribution in [0.1, 0.15) is 29.2 Å². The van der Waals surface area contributed by atoms with E-state index in [-0.39, 0.29) is 17.4 Å². The summed E-state index contributed by atoms with van der Waals surface area (Å²) in [6.45, 7) is 5.30. The highest BCUT2D eigenvalue weighted by Crippen LogP contribution is 2.30. The number of carbonyl (C=O) groups is 1. The van der Waals surface area contributed by atoms with Crippen molar-refractivity contribution in [3.8, 4) is 11.5 Å². The number of likely N-dealkylation sites (N-methyl/N-ethyl adjacent to an activating group) is 1. The van der Waals surface area contributed by atoms with Crippen LogP contribution >= 0.6 is 0 Å². The van der Waals surface area contributed by atoms with Crippen molar-refractivity contribution in [2.75, 3.05) is 19.5 Å². The standard InChI is InChI=1S/C22H28F2N2O3/c1-13-9-14(2)20(15(3)10-13)25-21(27)16(4)26(5)12-17-7-8-18(29-22(23)24)19(11-17)28-6/h7-11,16,22H,12H2,1-6H3,(H,25,27)/t16-/m1/s1. The van der Waals surface area contributed by atoms with E-state index in [9.17, 15) is 13.6 Å². The van der Waals surface area contributed by atoms with Gasteiger partial charge in [0.1, 0.15) is 0 Å². The maximum absolute atomic E-state index is 12.8. The Morgan fingerprint density at radius 2 is 1.72 bits per heavy atom. The van der Waals surface area contributed by atoms with Crippen LogP contribution in [0.4, 0.5) is 14.5 Å². The summed E-state index contributed by atoms with van der Waals surface area (Å²) in [4.78, 5) is 14.6. The van der Waals surface area contributed by atoms with Gasteiger partial charge < -0.3 is 14.8 Å². The van der Waals surface area contributed by atoms with Crippen LogP contribution < -0.4 is 14.8 Å². The third-order valence-electron chi connectivity index (χ3n) is 4.84. The van der Waals surface area contributed by atoms with E-state index in [1.165, 1.54) is 13.2 Å². The molecular weight excluding hydrogens is 378 g/mol. The fourth-order valence-electron chi connectivity index (χ4n) is 3.23. The molecule has 0 fully saturated rings. The lowest BCUT2D eigenvalue weighted by atomic mass is 10.0. The number of methoxy groups -OCH3 is 1. The molecule has 0 aromatic heterocycles. The van der Waals surface area contributed by atoms with Gasteiger partial charge in [-0.1, -0.05) is 23.8 Å². The fourth-order valence-corrected chi connectivity index (χ4v) is 3.23. The topological polar surface area (TPSA) is 50.8 Å². The molecule has 0 radical (unpaired) electrons. The van der Waals surface area contributed by atoms with Crippen molar-refractivity contribution in [1.82, 2.24) is 4.90 Å². The van der Waals surface area contributed by atoms with E-state index in [4.69, 9.17) is 4.74 Å². The maximum atomic E-state index is 12.8. The SMILES string of the molecule is COc1cc(CN(C)[C@H](C)C(=O)Nc2c(C)cc(C)cc2C)ccc1OC(F)F. The molecule has 29 heavy (non-hydrogen) atoms. The Morgan fingerprint density at radius 3 is 2.28 bits per heavy atom. The molecule has 1 amide bonds. The zero-order valence-electron chi connectivity index (χ0n) is 17.7. The minimum Gasteiger partial charge on any atom is -0.493 e. The zero-order chi connectivity index (χ0) is 21.7. The van der Waals surface area contributed by atoms with Gasteiger partial charge in [-0.3, -0.25) is 9.69 Å². The fraction of sp³-hybridized carbons (Fsp3) is 0.409. The van der Waals surface area contributed by atoms with Gasteiger partial charge in [-0.2, -0.15) is 8.78 Å². The molecule has 0 aliphatic carbocycles. The summed E-state index contributed by atoms with van der Waals surface area (Å²) in [5.74, 6) is 0.0800. The van der Waals surface area contributed by atoms with Crippen LogP contribution in [0.25, 0.3) is 0 Å². The number of benzene rings is 2. The van der Waals surface area contributed by atoms with Gasteiger partial charge in [0.05, 0.1) is 13.2 Å². The monoisotopic (exact) mass is 406 g/mol. The molecule has 7 heteroatoms. The molecule has 0 spiro atoms. The predicted octanol–water partition coefficient (Wildman–Crippen LogP) is 4.68. The van der Waals surface area contributed by atoms with Crippen LogP contribution in [0.5, 0.6) is 11.5 Å². The summed E-state index contributed by atoms with van der Waals surface area (Å²) < 4.78 is 34.5. The number of aryl methyl sites for hydroxylation is 3. The normalized spacial score (nSPS) is 12.2. The molecule has 2 rings (SSSR count). The Balaban J connectivity index is 2.08. The lowest BCUT2D eigenvalue weighted by molar-refractivity contribution is -0.120. The first-order valence-corrected chi connectivity index (χ1v) is 9.33. The van der Waals surface area contributed by atoms with Gasteiger partial charge >= 0.3 is 6.61 Å². The van der Waals surface area contributed by atoms with Gasteiger partial charge in [0.2, 0.25) is 5.91 Å². The molecule has 1 N–H and O–H groups in total. The van der Waals surface area contributed by atoms with Crippen molar-refractivity contribution < 1.29 is 23.0 Å². The van der Waals surface area contributed by atoms with Crippen molar-refractivity contribution >= 4 is 11.6 Å². The van der Waals surface area contributed by atoms with Gasteiger partial charge in [-0.05, 0) is 63.6 Å². The Hall–Kier alpha value is -2.67. The number of nitrogens with zero attached hydrogens (tertiary/aromatic N) is 1. The minimum atomic E-state index is -2.92. The first kappa shape index (κ1) is 22.6. The summed E-state index contributed by atoms with van der Waals surface area (Å²) in [5, 5.41) is 3.02. The first-order valence-electron chi connectivity index (χ1n) is 9.33. The van der Waals surface area contributed by atoms with Crippen molar-refractivity contribution in [2.24, 2.45) is 0 Å². The smallest absolute Gasteiger partial charge is 0.387 e. The van der Waals surface area contributed by atoms with E-state index >= 15 is 0 Å². The second kappa shape index (κ2) is 9.69. The molecule has 0 aliphatic heterocycles. The van der Waals surface area contributed by atoms with E-state index in [1.807, 2.05) is 51.8 Å². The van der Waals surface area contributed by atoms with Crippen molar-refractivity contribution in [3.63, 3.8) is 0 Å². The number of nitrogens with one attached hydrogen (secondary N) is 1. The first-order chi connectivity index (χ1) is 13.6. The number of hydrogen-bond donors (Lipinski definition) is 1. The molecule has 0 saturated carbocycles. The number of anilines is 1. The molecular formula is C22H28F2N2O3. The Morgan fingerprint density at radius 1 is 1.10 bits per heavy atom. The number of carbonyl (C=O) groups excluding carboxylic acids is 1. The third-order valence-corrected chi connectivity index (χ3v) is 4.84. The molecule has 0 unspecified atom stereocenters. The van der Waals surface area contributed by atoms with Crippen LogP contribution in [0.2, 0.25) is 0 Å².